The van der Waals surface area contributed by atoms with Crippen molar-refractivity contribution in [1.29, 1.82) is 0 Å². The van der Waals surface area contributed by atoms with Crippen molar-refractivity contribution in [3.05, 3.63) is 24.2 Å². The Bertz CT molecular complexity index is 868. The number of fused-ring (bicyclic) bond motifs is 1. The Morgan fingerprint density at radius 3 is 2.58 bits per heavy atom. The van der Waals surface area contributed by atoms with Crippen LogP contribution in [0.1, 0.15) is 29.8 Å². The molecule has 1 fully saturated rings. The van der Waals surface area contributed by atoms with E-state index in [-0.39, 0.29) is 5.69 Å². The van der Waals surface area contributed by atoms with Crippen LogP contribution in [-0.4, -0.2) is 75.7 Å². The van der Waals surface area contributed by atoms with Gasteiger partial charge in [-0.3, -0.25) is 4.40 Å². The Labute approximate surface area is 175 Å². The highest BCUT2D eigenvalue weighted by atomic mass is 19.4. The van der Waals surface area contributed by atoms with E-state index in [9.17, 15) is 18.0 Å². The van der Waals surface area contributed by atoms with Crippen LogP contribution in [0.3, 0.4) is 0 Å². The molecule has 1 aliphatic heterocycles. The number of imidazole rings is 1. The fourth-order valence-electron chi connectivity index (χ4n) is 2.70. The zero-order valence-corrected chi connectivity index (χ0v) is 16.5. The second-order valence-electron chi connectivity index (χ2n) is 6.64. The Balaban J connectivity index is 0.000000423. The van der Waals surface area contributed by atoms with Crippen LogP contribution in [0.2, 0.25) is 0 Å². The second kappa shape index (κ2) is 11.5. The quantitative estimate of drug-likeness (QED) is 0.520. The molecule has 1 saturated heterocycles. The average molecular weight is 448 g/mol. The van der Waals surface area contributed by atoms with Gasteiger partial charge in [-0.25, -0.2) is 19.6 Å². The van der Waals surface area contributed by atoms with Crippen LogP contribution in [0.15, 0.2) is 18.5 Å². The molecule has 3 rings (SSSR count). The fourth-order valence-corrected chi connectivity index (χ4v) is 2.70. The largest absolute Gasteiger partial charge is 0.490 e. The normalized spacial score (nSPS) is 14.7. The predicted molar refractivity (Wildman–Crippen MR) is 101 cm³/mol. The van der Waals surface area contributed by atoms with Gasteiger partial charge in [0.2, 0.25) is 5.95 Å². The van der Waals surface area contributed by atoms with E-state index >= 15 is 0 Å². The van der Waals surface area contributed by atoms with E-state index in [2.05, 4.69) is 15.3 Å². The number of rotatable bonds is 8. The van der Waals surface area contributed by atoms with E-state index in [4.69, 9.17) is 24.5 Å². The molecule has 3 heterocycles. The molecule has 0 unspecified atom stereocenters. The van der Waals surface area contributed by atoms with Crippen LogP contribution in [0.4, 0.5) is 19.1 Å². The Morgan fingerprint density at radius 2 is 1.97 bits per heavy atom. The summed E-state index contributed by atoms with van der Waals surface area (Å²) in [7, 11) is 0. The summed E-state index contributed by atoms with van der Waals surface area (Å²) in [5.41, 5.74) is 0.535. The first kappa shape index (κ1) is 24.3. The third kappa shape index (κ3) is 8.02. The maximum Gasteiger partial charge on any atom is 0.490 e. The van der Waals surface area contributed by atoms with Gasteiger partial charge in [0, 0.05) is 51.4 Å². The number of nitrogens with one attached hydrogen (secondary N) is 1. The number of halogens is 3. The minimum atomic E-state index is -5.08. The van der Waals surface area contributed by atoms with E-state index in [0.29, 0.717) is 30.7 Å². The molecule has 0 radical (unpaired) electrons. The highest BCUT2D eigenvalue weighted by Crippen LogP contribution is 2.15. The van der Waals surface area contributed by atoms with Gasteiger partial charge >= 0.3 is 18.1 Å². The van der Waals surface area contributed by atoms with Crippen molar-refractivity contribution in [3.8, 4) is 0 Å². The molecule has 0 spiro atoms. The first-order chi connectivity index (χ1) is 14.7. The monoisotopic (exact) mass is 448 g/mol. The number of ether oxygens (including phenoxy) is 2. The van der Waals surface area contributed by atoms with Gasteiger partial charge in [0.05, 0.1) is 0 Å². The van der Waals surface area contributed by atoms with Crippen molar-refractivity contribution < 1.29 is 42.4 Å². The first-order valence-corrected chi connectivity index (χ1v) is 9.45. The third-order valence-electron chi connectivity index (χ3n) is 4.29. The number of anilines is 1. The molecular weight excluding hydrogens is 425 g/mol. The maximum atomic E-state index is 11.1. The van der Waals surface area contributed by atoms with Crippen molar-refractivity contribution in [1.82, 2.24) is 14.4 Å². The van der Waals surface area contributed by atoms with Gasteiger partial charge in [0.25, 0.3) is 0 Å². The van der Waals surface area contributed by atoms with Crippen LogP contribution in [0.25, 0.3) is 5.65 Å². The summed E-state index contributed by atoms with van der Waals surface area (Å²) in [4.78, 5) is 28.3. The average Bonchev–Trinajstić information content (AvgIpc) is 3.20. The lowest BCUT2D eigenvalue weighted by Crippen LogP contribution is -2.21. The van der Waals surface area contributed by atoms with Crippen molar-refractivity contribution in [2.45, 2.75) is 25.4 Å². The Hall–Kier alpha value is -2.93. The number of aliphatic carboxylic acids is 1. The molecule has 1 aliphatic rings. The zero-order chi connectivity index (χ0) is 22.9. The molecule has 0 bridgehead atoms. The Morgan fingerprint density at radius 1 is 1.29 bits per heavy atom. The number of carboxylic acids is 2. The summed E-state index contributed by atoms with van der Waals surface area (Å²) >= 11 is 0. The molecule has 3 N–H and O–H groups in total. The molecule has 13 heteroatoms. The molecule has 31 heavy (non-hydrogen) atoms. The molecular formula is C18H23F3N4O6. The van der Waals surface area contributed by atoms with Crippen molar-refractivity contribution >= 4 is 23.5 Å². The topological polar surface area (TPSA) is 135 Å². The number of hydrogen-bond donors (Lipinski definition) is 3. The lowest BCUT2D eigenvalue weighted by atomic mass is 10.0. The zero-order valence-electron chi connectivity index (χ0n) is 16.5. The molecule has 0 aliphatic carbocycles. The van der Waals surface area contributed by atoms with Gasteiger partial charge < -0.3 is 25.0 Å². The number of alkyl halides is 3. The smallest absolute Gasteiger partial charge is 0.477 e. The summed E-state index contributed by atoms with van der Waals surface area (Å²) in [5, 5.41) is 19.4. The summed E-state index contributed by atoms with van der Waals surface area (Å²) in [5.74, 6) is -2.74. The minimum absolute atomic E-state index is 0.0213. The summed E-state index contributed by atoms with van der Waals surface area (Å²) in [6.45, 7) is 3.76. The first-order valence-electron chi connectivity index (χ1n) is 9.45. The van der Waals surface area contributed by atoms with Gasteiger partial charge in [-0.2, -0.15) is 13.2 Å². The lowest BCUT2D eigenvalue weighted by molar-refractivity contribution is -0.192. The van der Waals surface area contributed by atoms with Crippen molar-refractivity contribution in [2.75, 3.05) is 38.3 Å². The standard InChI is InChI=1S/C16H22N4O4.C2HF3O2/c21-15(22)13-10-14-17-5-6-20(14)16(19-13)18-4-1-7-24-11-12-2-8-23-9-3-12;3-2(4,5)1(6)7/h5-6,10,12H,1-4,7-9,11H2,(H,18,19)(H,21,22);(H,6,7). The number of carbonyl (C=O) groups is 2. The minimum Gasteiger partial charge on any atom is -0.477 e. The molecule has 10 nitrogen and oxygen atoms in total. The van der Waals surface area contributed by atoms with E-state index in [1.807, 2.05) is 0 Å². The number of aromatic carboxylic acids is 1. The van der Waals surface area contributed by atoms with Crippen LogP contribution >= 0.6 is 0 Å². The molecule has 0 saturated carbocycles. The Kier molecular flexibility index (Phi) is 9.00. The molecule has 2 aromatic rings. The van der Waals surface area contributed by atoms with Crippen LogP contribution in [0.5, 0.6) is 0 Å². The van der Waals surface area contributed by atoms with Crippen LogP contribution in [-0.2, 0) is 14.3 Å². The van der Waals surface area contributed by atoms with E-state index in [0.717, 1.165) is 39.1 Å². The van der Waals surface area contributed by atoms with E-state index in [1.54, 1.807) is 16.8 Å². The summed E-state index contributed by atoms with van der Waals surface area (Å²) in [6, 6.07) is 1.45. The molecule has 0 atom stereocenters. The van der Waals surface area contributed by atoms with Crippen molar-refractivity contribution in [2.24, 2.45) is 5.92 Å². The van der Waals surface area contributed by atoms with Gasteiger partial charge in [-0.15, -0.1) is 0 Å². The SMILES string of the molecule is O=C(O)C(F)(F)F.O=C(O)c1cc2nccn2c(NCCCOCC2CCOCC2)n1. The lowest BCUT2D eigenvalue weighted by Gasteiger charge is -2.21. The highest BCUT2D eigenvalue weighted by molar-refractivity contribution is 5.87. The number of carboxylic acid groups (broad SMARTS) is 2. The summed E-state index contributed by atoms with van der Waals surface area (Å²) in [6.07, 6.45) is 1.24. The third-order valence-corrected chi connectivity index (χ3v) is 4.29. The second-order valence-corrected chi connectivity index (χ2v) is 6.64. The van der Waals surface area contributed by atoms with E-state index in [1.165, 1.54) is 6.07 Å². The van der Waals surface area contributed by atoms with Crippen LogP contribution in [0, 0.1) is 5.92 Å². The molecule has 0 amide bonds. The van der Waals surface area contributed by atoms with Gasteiger partial charge in [-0.05, 0) is 25.2 Å². The van der Waals surface area contributed by atoms with E-state index < -0.39 is 18.1 Å². The maximum absolute atomic E-state index is 11.1. The fraction of sp³-hybridized carbons (Fsp3) is 0.556. The molecule has 2 aromatic heterocycles. The predicted octanol–water partition coefficient (Wildman–Crippen LogP) is 2.31. The van der Waals surface area contributed by atoms with Crippen molar-refractivity contribution in [3.63, 3.8) is 0 Å². The van der Waals surface area contributed by atoms with Gasteiger partial charge in [-0.1, -0.05) is 0 Å². The van der Waals surface area contributed by atoms with Crippen LogP contribution < -0.4 is 5.32 Å². The molecule has 172 valence electrons. The summed E-state index contributed by atoms with van der Waals surface area (Å²) < 4.78 is 44.5. The number of aromatic nitrogens is 3. The highest BCUT2D eigenvalue weighted by Gasteiger charge is 2.38. The van der Waals surface area contributed by atoms with Gasteiger partial charge in [0.1, 0.15) is 5.65 Å². The van der Waals surface area contributed by atoms with Gasteiger partial charge in [0.15, 0.2) is 5.69 Å². The molecule has 0 aromatic carbocycles. The number of nitrogens with zero attached hydrogens (tertiary/aromatic N) is 3. The number of hydrogen-bond acceptors (Lipinski definition) is 7.